The molecule has 144 valence electrons. The maximum absolute atomic E-state index is 12.8. The summed E-state index contributed by atoms with van der Waals surface area (Å²) in [5, 5.41) is 15.1. The average Bonchev–Trinajstić information content (AvgIpc) is 3.02. The molecular formula is C19H15F3N4O2. The number of hydrazone groups is 1. The summed E-state index contributed by atoms with van der Waals surface area (Å²) in [7, 11) is 0. The number of alkyl halides is 3. The summed E-state index contributed by atoms with van der Waals surface area (Å²) in [6, 6.07) is 15.4. The van der Waals surface area contributed by atoms with E-state index in [1.54, 1.807) is 0 Å². The Morgan fingerprint density at radius 2 is 1.82 bits per heavy atom. The Morgan fingerprint density at radius 3 is 2.46 bits per heavy atom. The zero-order valence-corrected chi connectivity index (χ0v) is 14.6. The van der Waals surface area contributed by atoms with Crippen LogP contribution in [0, 0.1) is 17.0 Å². The second kappa shape index (κ2) is 7.55. The van der Waals surface area contributed by atoms with Crippen molar-refractivity contribution in [1.29, 1.82) is 0 Å². The molecule has 0 saturated carbocycles. The van der Waals surface area contributed by atoms with E-state index in [9.17, 15) is 23.3 Å². The molecule has 0 fully saturated rings. The molecule has 9 heteroatoms. The number of nitro groups is 1. The van der Waals surface area contributed by atoms with E-state index < -0.39 is 22.4 Å². The number of aromatic nitrogens is 1. The third-order valence-corrected chi connectivity index (χ3v) is 4.02. The van der Waals surface area contributed by atoms with E-state index in [0.29, 0.717) is 11.8 Å². The minimum atomic E-state index is -4.67. The van der Waals surface area contributed by atoms with Gasteiger partial charge in [-0.15, -0.1) is 0 Å². The van der Waals surface area contributed by atoms with Crippen molar-refractivity contribution in [2.45, 2.75) is 13.1 Å². The van der Waals surface area contributed by atoms with Gasteiger partial charge < -0.3 is 4.57 Å². The predicted octanol–water partition coefficient (Wildman–Crippen LogP) is 5.16. The van der Waals surface area contributed by atoms with Crippen molar-refractivity contribution in [3.63, 3.8) is 0 Å². The number of nitro benzene ring substituents is 1. The van der Waals surface area contributed by atoms with Crippen LogP contribution in [0.2, 0.25) is 0 Å². The molecule has 0 atom stereocenters. The second-order valence-electron chi connectivity index (χ2n) is 5.93. The van der Waals surface area contributed by atoms with Crippen LogP contribution in [0.3, 0.4) is 0 Å². The fourth-order valence-electron chi connectivity index (χ4n) is 2.71. The molecule has 0 aliphatic rings. The molecule has 0 unspecified atom stereocenters. The van der Waals surface area contributed by atoms with E-state index in [1.165, 1.54) is 6.21 Å². The van der Waals surface area contributed by atoms with Crippen LogP contribution in [0.15, 0.2) is 65.8 Å². The molecule has 2 aromatic carbocycles. The van der Waals surface area contributed by atoms with Gasteiger partial charge in [-0.05, 0) is 43.3 Å². The largest absolute Gasteiger partial charge is 0.416 e. The highest BCUT2D eigenvalue weighted by Crippen LogP contribution is 2.34. The van der Waals surface area contributed by atoms with Crippen LogP contribution in [-0.4, -0.2) is 15.7 Å². The first-order valence-corrected chi connectivity index (χ1v) is 8.16. The smallest absolute Gasteiger partial charge is 0.313 e. The average molecular weight is 388 g/mol. The molecule has 1 N–H and O–H groups in total. The molecule has 0 spiro atoms. The summed E-state index contributed by atoms with van der Waals surface area (Å²) in [6.07, 6.45) is -3.22. The Hall–Kier alpha value is -3.62. The Kier molecular flexibility index (Phi) is 5.16. The Morgan fingerprint density at radius 1 is 1.11 bits per heavy atom. The molecule has 0 saturated heterocycles. The molecule has 0 aliphatic carbocycles. The lowest BCUT2D eigenvalue weighted by molar-refractivity contribution is -0.384. The van der Waals surface area contributed by atoms with E-state index in [1.807, 2.05) is 54.0 Å². The lowest BCUT2D eigenvalue weighted by atomic mass is 10.1. The van der Waals surface area contributed by atoms with Crippen LogP contribution in [0.4, 0.5) is 24.5 Å². The lowest BCUT2D eigenvalue weighted by Gasteiger charge is -2.09. The first-order valence-electron chi connectivity index (χ1n) is 8.16. The van der Waals surface area contributed by atoms with Gasteiger partial charge in [-0.3, -0.25) is 15.5 Å². The molecular weight excluding hydrogens is 373 g/mol. The molecule has 28 heavy (non-hydrogen) atoms. The van der Waals surface area contributed by atoms with Gasteiger partial charge in [0.1, 0.15) is 5.69 Å². The lowest BCUT2D eigenvalue weighted by Crippen LogP contribution is -2.07. The minimum absolute atomic E-state index is 0.135. The summed E-state index contributed by atoms with van der Waals surface area (Å²) < 4.78 is 40.2. The van der Waals surface area contributed by atoms with Crippen molar-refractivity contribution < 1.29 is 18.1 Å². The quantitative estimate of drug-likeness (QED) is 0.373. The molecule has 0 radical (unpaired) electrons. The maximum Gasteiger partial charge on any atom is 0.416 e. The van der Waals surface area contributed by atoms with Crippen molar-refractivity contribution in [2.24, 2.45) is 5.10 Å². The summed E-state index contributed by atoms with van der Waals surface area (Å²) >= 11 is 0. The van der Waals surface area contributed by atoms with Crippen molar-refractivity contribution >= 4 is 17.6 Å². The second-order valence-corrected chi connectivity index (χ2v) is 5.93. The molecule has 1 aromatic heterocycles. The van der Waals surface area contributed by atoms with Crippen molar-refractivity contribution in [2.75, 3.05) is 5.43 Å². The Labute approximate surface area is 158 Å². The molecule has 0 aliphatic heterocycles. The van der Waals surface area contributed by atoms with E-state index in [-0.39, 0.29) is 5.69 Å². The third-order valence-electron chi connectivity index (χ3n) is 4.02. The summed E-state index contributed by atoms with van der Waals surface area (Å²) in [6.45, 7) is 1.92. The molecule has 0 amide bonds. The predicted molar refractivity (Wildman–Crippen MR) is 99.8 cm³/mol. The van der Waals surface area contributed by atoms with Gasteiger partial charge in [-0.25, -0.2) is 0 Å². The first kappa shape index (κ1) is 19.2. The molecule has 6 nitrogen and oxygen atoms in total. The topological polar surface area (TPSA) is 72.5 Å². The number of hydrogen-bond acceptors (Lipinski definition) is 4. The summed E-state index contributed by atoms with van der Waals surface area (Å²) in [5.41, 5.74) is 3.08. The zero-order valence-electron chi connectivity index (χ0n) is 14.6. The number of para-hydroxylation sites is 1. The fraction of sp³-hybridized carbons (Fsp3) is 0.105. The van der Waals surface area contributed by atoms with Gasteiger partial charge in [-0.2, -0.15) is 18.3 Å². The van der Waals surface area contributed by atoms with Crippen molar-refractivity contribution in [3.05, 3.63) is 87.7 Å². The van der Waals surface area contributed by atoms with Gasteiger partial charge in [-0.1, -0.05) is 18.2 Å². The molecule has 1 heterocycles. The van der Waals surface area contributed by atoms with Crippen molar-refractivity contribution in [1.82, 2.24) is 4.57 Å². The minimum Gasteiger partial charge on any atom is -0.313 e. The monoisotopic (exact) mass is 388 g/mol. The number of aryl methyl sites for hydroxylation is 1. The Bertz CT molecular complexity index is 1030. The first-order chi connectivity index (χ1) is 13.3. The van der Waals surface area contributed by atoms with Gasteiger partial charge in [0.15, 0.2) is 0 Å². The van der Waals surface area contributed by atoms with Gasteiger partial charge in [0.25, 0.3) is 5.69 Å². The molecule has 3 aromatic rings. The number of nitrogens with one attached hydrogen (secondary N) is 1. The highest BCUT2D eigenvalue weighted by atomic mass is 19.4. The van der Waals surface area contributed by atoms with Gasteiger partial charge in [0.2, 0.25) is 0 Å². The van der Waals surface area contributed by atoms with Crippen LogP contribution in [0.1, 0.15) is 17.0 Å². The standard InChI is InChI=1S/C19H15F3N4O2/c1-13-7-9-16(25(13)15-5-3-2-4-6-15)12-23-24-17-10-8-14(19(20,21)22)11-18(17)26(27)28/h2-12,24H,1H3/b23-12-. The number of anilines is 1. The highest BCUT2D eigenvalue weighted by molar-refractivity contribution is 5.80. The van der Waals surface area contributed by atoms with Gasteiger partial charge >= 0.3 is 6.18 Å². The third kappa shape index (κ3) is 4.03. The summed E-state index contributed by atoms with van der Waals surface area (Å²) in [5.74, 6) is 0. The fourth-order valence-corrected chi connectivity index (χ4v) is 2.71. The number of nitrogens with zero attached hydrogens (tertiary/aromatic N) is 3. The van der Waals surface area contributed by atoms with Crippen LogP contribution in [0.25, 0.3) is 5.69 Å². The molecule has 0 bridgehead atoms. The Balaban J connectivity index is 1.88. The van der Waals surface area contributed by atoms with Crippen LogP contribution in [-0.2, 0) is 6.18 Å². The van der Waals surface area contributed by atoms with Crippen LogP contribution < -0.4 is 5.43 Å². The maximum atomic E-state index is 12.8. The molecule has 3 rings (SSSR count). The summed E-state index contributed by atoms with van der Waals surface area (Å²) in [4.78, 5) is 10.2. The number of rotatable bonds is 5. The highest BCUT2D eigenvalue weighted by Gasteiger charge is 2.33. The van der Waals surface area contributed by atoms with Crippen LogP contribution in [0.5, 0.6) is 0 Å². The number of halogens is 3. The van der Waals surface area contributed by atoms with E-state index in [2.05, 4.69) is 10.5 Å². The van der Waals surface area contributed by atoms with Crippen molar-refractivity contribution in [3.8, 4) is 5.69 Å². The SMILES string of the molecule is Cc1ccc(/C=N\Nc2ccc(C(F)(F)F)cc2[N+](=O)[O-])n1-c1ccccc1. The number of hydrogen-bond donors (Lipinski definition) is 1. The van der Waals surface area contributed by atoms with E-state index >= 15 is 0 Å². The van der Waals surface area contributed by atoms with E-state index in [0.717, 1.165) is 23.5 Å². The normalized spacial score (nSPS) is 11.7. The number of benzene rings is 2. The van der Waals surface area contributed by atoms with Gasteiger partial charge in [0, 0.05) is 17.4 Å². The zero-order chi connectivity index (χ0) is 20.3. The van der Waals surface area contributed by atoms with E-state index in [4.69, 9.17) is 0 Å². The van der Waals surface area contributed by atoms with Gasteiger partial charge in [0.05, 0.1) is 22.4 Å². The van der Waals surface area contributed by atoms with Crippen LogP contribution >= 0.6 is 0 Å².